The first-order chi connectivity index (χ1) is 15.6. The van der Waals surface area contributed by atoms with Crippen molar-refractivity contribution in [2.45, 2.75) is 39.7 Å². The summed E-state index contributed by atoms with van der Waals surface area (Å²) in [4.78, 5) is 14.5. The van der Waals surface area contributed by atoms with Gasteiger partial charge in [-0.15, -0.1) is 0 Å². The van der Waals surface area contributed by atoms with Crippen LogP contribution in [0.25, 0.3) is 0 Å². The Morgan fingerprint density at radius 1 is 0.848 bits per heavy atom. The lowest BCUT2D eigenvalue weighted by atomic mass is 9.93. The molecule has 1 N–H and O–H groups in total. The van der Waals surface area contributed by atoms with Gasteiger partial charge in [0.05, 0.1) is 11.8 Å². The third kappa shape index (κ3) is 8.77. The Labute approximate surface area is 191 Å². The molecule has 0 spiro atoms. The SMILES string of the molecule is C[C@H](C=O)Cc1cc(F)cc(F)c1.Cc1ccc(C(O)[C@@H](C)Cc2cc(F)cc(F)c2)nc1. The number of hydrogen-bond acceptors (Lipinski definition) is 3. The number of aliphatic hydroxyl groups excluding tert-OH is 1. The lowest BCUT2D eigenvalue weighted by molar-refractivity contribution is -0.110. The van der Waals surface area contributed by atoms with E-state index in [4.69, 9.17) is 0 Å². The summed E-state index contributed by atoms with van der Waals surface area (Å²) in [5.41, 5.74) is 2.62. The quantitative estimate of drug-likeness (QED) is 0.351. The molecule has 3 rings (SSSR count). The van der Waals surface area contributed by atoms with Crippen LogP contribution in [0.3, 0.4) is 0 Å². The maximum atomic E-state index is 13.1. The van der Waals surface area contributed by atoms with E-state index in [1.165, 1.54) is 24.3 Å². The van der Waals surface area contributed by atoms with Crippen LogP contribution in [0.15, 0.2) is 54.7 Å². The molecule has 1 heterocycles. The molecular formula is C26H27F4NO2. The van der Waals surface area contributed by atoms with Gasteiger partial charge in [-0.25, -0.2) is 17.6 Å². The Morgan fingerprint density at radius 2 is 1.33 bits per heavy atom. The summed E-state index contributed by atoms with van der Waals surface area (Å²) in [5.74, 6) is -2.81. The number of nitrogens with zero attached hydrogens (tertiary/aromatic N) is 1. The van der Waals surface area contributed by atoms with E-state index >= 15 is 0 Å². The van der Waals surface area contributed by atoms with Gasteiger partial charge in [0.2, 0.25) is 0 Å². The Hall–Kier alpha value is -3.06. The highest BCUT2D eigenvalue weighted by Gasteiger charge is 2.18. The van der Waals surface area contributed by atoms with Crippen LogP contribution >= 0.6 is 0 Å². The molecule has 0 bridgehead atoms. The summed E-state index contributed by atoms with van der Waals surface area (Å²) in [5, 5.41) is 10.2. The second-order valence-electron chi connectivity index (χ2n) is 8.26. The summed E-state index contributed by atoms with van der Waals surface area (Å²) in [6.07, 6.45) is 2.45. The van der Waals surface area contributed by atoms with Crippen molar-refractivity contribution in [2.75, 3.05) is 0 Å². The average Bonchev–Trinajstić information content (AvgIpc) is 2.72. The fraction of sp³-hybridized carbons (Fsp3) is 0.308. The van der Waals surface area contributed by atoms with Crippen LogP contribution in [0.5, 0.6) is 0 Å². The van der Waals surface area contributed by atoms with Crippen LogP contribution in [-0.2, 0) is 17.6 Å². The zero-order valence-electron chi connectivity index (χ0n) is 18.7. The van der Waals surface area contributed by atoms with Crippen molar-refractivity contribution in [1.82, 2.24) is 4.98 Å². The first-order valence-corrected chi connectivity index (χ1v) is 10.5. The van der Waals surface area contributed by atoms with Gasteiger partial charge in [0.1, 0.15) is 29.6 Å². The summed E-state index contributed by atoms with van der Waals surface area (Å²) >= 11 is 0. The van der Waals surface area contributed by atoms with Gasteiger partial charge in [-0.3, -0.25) is 4.98 Å². The molecule has 33 heavy (non-hydrogen) atoms. The first kappa shape index (κ1) is 26.2. The van der Waals surface area contributed by atoms with Crippen LogP contribution in [0.1, 0.15) is 42.3 Å². The van der Waals surface area contributed by atoms with E-state index < -0.39 is 29.4 Å². The number of rotatable bonds is 7. The monoisotopic (exact) mass is 461 g/mol. The number of aliphatic hydroxyl groups is 1. The number of aldehydes is 1. The van der Waals surface area contributed by atoms with Crippen molar-refractivity contribution < 1.29 is 27.5 Å². The number of carbonyl (C=O) groups excluding carboxylic acids is 1. The molecule has 1 unspecified atom stereocenters. The van der Waals surface area contributed by atoms with Gasteiger partial charge in [-0.1, -0.05) is 19.9 Å². The van der Waals surface area contributed by atoms with E-state index in [-0.39, 0.29) is 11.8 Å². The number of halogens is 4. The molecule has 0 fully saturated rings. The van der Waals surface area contributed by atoms with E-state index in [1.807, 2.05) is 19.9 Å². The van der Waals surface area contributed by atoms with Gasteiger partial charge < -0.3 is 9.90 Å². The summed E-state index contributed by atoms with van der Waals surface area (Å²) in [6, 6.07) is 10.3. The zero-order valence-corrected chi connectivity index (χ0v) is 18.7. The van der Waals surface area contributed by atoms with Gasteiger partial charge in [0.25, 0.3) is 0 Å². The van der Waals surface area contributed by atoms with E-state index in [1.54, 1.807) is 19.2 Å². The van der Waals surface area contributed by atoms with E-state index in [0.29, 0.717) is 29.7 Å². The number of aryl methyl sites for hydroxylation is 1. The lowest BCUT2D eigenvalue weighted by Crippen LogP contribution is -2.13. The third-order valence-electron chi connectivity index (χ3n) is 4.97. The predicted octanol–water partition coefficient (Wildman–Crippen LogP) is 5.92. The van der Waals surface area contributed by atoms with Crippen LogP contribution in [0.2, 0.25) is 0 Å². The smallest absolute Gasteiger partial charge is 0.126 e. The molecule has 0 saturated carbocycles. The topological polar surface area (TPSA) is 50.2 Å². The lowest BCUT2D eigenvalue weighted by Gasteiger charge is -2.18. The molecule has 176 valence electrons. The van der Waals surface area contributed by atoms with Gasteiger partial charge >= 0.3 is 0 Å². The van der Waals surface area contributed by atoms with Crippen LogP contribution in [0.4, 0.5) is 17.6 Å². The number of benzene rings is 2. The fourth-order valence-corrected chi connectivity index (χ4v) is 3.31. The molecular weight excluding hydrogens is 434 g/mol. The molecule has 2 aromatic carbocycles. The zero-order chi connectivity index (χ0) is 24.5. The van der Waals surface area contributed by atoms with Crippen molar-refractivity contribution in [3.8, 4) is 0 Å². The second-order valence-corrected chi connectivity index (χ2v) is 8.26. The van der Waals surface area contributed by atoms with Gasteiger partial charge in [-0.05, 0) is 72.7 Å². The summed E-state index contributed by atoms with van der Waals surface area (Å²) in [6.45, 7) is 5.45. The van der Waals surface area contributed by atoms with Gasteiger partial charge in [0, 0.05) is 24.2 Å². The highest BCUT2D eigenvalue weighted by Crippen LogP contribution is 2.24. The molecule has 0 amide bonds. The fourth-order valence-electron chi connectivity index (χ4n) is 3.31. The van der Waals surface area contributed by atoms with Crippen molar-refractivity contribution in [1.29, 1.82) is 0 Å². The summed E-state index contributed by atoms with van der Waals surface area (Å²) < 4.78 is 51.6. The van der Waals surface area contributed by atoms with Crippen LogP contribution in [0, 0.1) is 42.0 Å². The van der Waals surface area contributed by atoms with Gasteiger partial charge in [0.15, 0.2) is 0 Å². The minimum atomic E-state index is -0.762. The third-order valence-corrected chi connectivity index (χ3v) is 4.97. The van der Waals surface area contributed by atoms with Crippen molar-refractivity contribution in [3.05, 3.63) is 100 Å². The maximum Gasteiger partial charge on any atom is 0.126 e. The molecule has 0 saturated heterocycles. The number of hydrogen-bond donors (Lipinski definition) is 1. The molecule has 1 aromatic heterocycles. The highest BCUT2D eigenvalue weighted by molar-refractivity contribution is 5.53. The Balaban J connectivity index is 0.000000257. The Bertz CT molecular complexity index is 1020. The first-order valence-electron chi connectivity index (χ1n) is 10.5. The van der Waals surface area contributed by atoms with E-state index in [0.717, 1.165) is 24.0 Å². The van der Waals surface area contributed by atoms with Crippen LogP contribution < -0.4 is 0 Å². The molecule has 3 atom stereocenters. The normalized spacial score (nSPS) is 13.5. The average molecular weight is 461 g/mol. The van der Waals surface area contributed by atoms with Gasteiger partial charge in [-0.2, -0.15) is 0 Å². The Kier molecular flexibility index (Phi) is 9.73. The predicted molar refractivity (Wildman–Crippen MR) is 118 cm³/mol. The Morgan fingerprint density at radius 3 is 1.76 bits per heavy atom. The highest BCUT2D eigenvalue weighted by atomic mass is 19.1. The minimum absolute atomic E-state index is 0.189. The van der Waals surface area contributed by atoms with E-state index in [2.05, 4.69) is 4.98 Å². The van der Waals surface area contributed by atoms with E-state index in [9.17, 15) is 27.5 Å². The number of carbonyl (C=O) groups is 1. The number of pyridine rings is 1. The molecule has 0 radical (unpaired) electrons. The maximum absolute atomic E-state index is 13.1. The molecule has 0 aliphatic heterocycles. The standard InChI is InChI=1S/C16H17F2NO.C10H10F2O/c1-10-3-4-15(19-9-10)16(20)11(2)5-12-6-13(17)8-14(18)7-12;1-7(6-13)2-8-3-9(11)5-10(12)4-8/h3-4,6-9,11,16,20H,5H2,1-2H3;3-7H,2H2,1H3/t11-,16?;7-/m00/s1. The second kappa shape index (κ2) is 12.3. The molecule has 3 aromatic rings. The largest absolute Gasteiger partial charge is 0.387 e. The molecule has 0 aliphatic carbocycles. The molecule has 0 aliphatic rings. The van der Waals surface area contributed by atoms with Crippen molar-refractivity contribution in [2.24, 2.45) is 11.8 Å². The van der Waals surface area contributed by atoms with Crippen molar-refractivity contribution in [3.63, 3.8) is 0 Å². The number of aromatic nitrogens is 1. The molecule has 7 heteroatoms. The van der Waals surface area contributed by atoms with Crippen molar-refractivity contribution >= 4 is 6.29 Å². The summed E-state index contributed by atoms with van der Waals surface area (Å²) in [7, 11) is 0. The molecule has 3 nitrogen and oxygen atoms in total. The van der Waals surface area contributed by atoms with Crippen LogP contribution in [-0.4, -0.2) is 16.4 Å². The minimum Gasteiger partial charge on any atom is -0.387 e.